The lowest BCUT2D eigenvalue weighted by Gasteiger charge is -2.38. The molecule has 26 heavy (non-hydrogen) atoms. The first-order chi connectivity index (χ1) is 12.5. The molecular formula is C18H17N3O4S. The van der Waals surface area contributed by atoms with Gasteiger partial charge in [-0.1, -0.05) is 18.2 Å². The summed E-state index contributed by atoms with van der Waals surface area (Å²) in [6, 6.07) is 10.4. The summed E-state index contributed by atoms with van der Waals surface area (Å²) in [4.78, 5) is 5.95. The highest BCUT2D eigenvalue weighted by Crippen LogP contribution is 2.29. The van der Waals surface area contributed by atoms with Gasteiger partial charge in [-0.15, -0.1) is 0 Å². The van der Waals surface area contributed by atoms with Crippen LogP contribution in [0.2, 0.25) is 0 Å². The van der Waals surface area contributed by atoms with Crippen LogP contribution in [0.25, 0.3) is 5.57 Å². The van der Waals surface area contributed by atoms with Crippen LogP contribution in [0.4, 0.5) is 0 Å². The van der Waals surface area contributed by atoms with Gasteiger partial charge in [-0.3, -0.25) is 0 Å². The number of sulfonamides is 1. The van der Waals surface area contributed by atoms with Crippen molar-refractivity contribution in [2.45, 2.75) is 6.17 Å². The molecule has 0 spiro atoms. The molecule has 1 aromatic heterocycles. The highest BCUT2D eigenvalue weighted by Gasteiger charge is 2.32. The first kappa shape index (κ1) is 16.6. The van der Waals surface area contributed by atoms with Crippen molar-refractivity contribution in [2.75, 3.05) is 12.3 Å². The predicted molar refractivity (Wildman–Crippen MR) is 97.0 cm³/mol. The molecular weight excluding hydrogens is 354 g/mol. The van der Waals surface area contributed by atoms with Crippen molar-refractivity contribution >= 4 is 15.6 Å². The van der Waals surface area contributed by atoms with E-state index >= 15 is 0 Å². The predicted octanol–water partition coefficient (Wildman–Crippen LogP) is 2.05. The van der Waals surface area contributed by atoms with E-state index in [9.17, 15) is 13.5 Å². The van der Waals surface area contributed by atoms with E-state index in [0.717, 1.165) is 11.1 Å². The molecule has 4 rings (SSSR count). The topological polar surface area (TPSA) is 91.8 Å². The molecule has 1 fully saturated rings. The number of pyridine rings is 1. The fourth-order valence-electron chi connectivity index (χ4n) is 2.93. The van der Waals surface area contributed by atoms with E-state index in [0.29, 0.717) is 18.2 Å². The Labute approximate surface area is 151 Å². The van der Waals surface area contributed by atoms with Crippen LogP contribution in [0.15, 0.2) is 60.9 Å². The van der Waals surface area contributed by atoms with Gasteiger partial charge in [0.1, 0.15) is 17.7 Å². The van der Waals surface area contributed by atoms with Crippen LogP contribution in [-0.4, -0.2) is 41.9 Å². The number of aromatic hydroxyl groups is 1. The zero-order valence-electron chi connectivity index (χ0n) is 13.7. The second-order valence-corrected chi connectivity index (χ2v) is 7.90. The van der Waals surface area contributed by atoms with E-state index < -0.39 is 16.2 Å². The SMILES string of the molecule is O=S1(=O)CCN2C=CC=C(c3ccc(Oc4ccc(O)cn4)cc3)C2N1. The molecule has 2 aromatic rings. The standard InChI is InChI=1S/C18H17N3O4S/c22-14-5-8-17(19-12-14)25-15-6-3-13(4-7-15)16-2-1-9-21-10-11-26(23,24)20-18(16)21/h1-9,12,18,20,22H,10-11H2. The van der Waals surface area contributed by atoms with Gasteiger partial charge in [0.25, 0.3) is 0 Å². The van der Waals surface area contributed by atoms with Crippen LogP contribution < -0.4 is 9.46 Å². The van der Waals surface area contributed by atoms with Crippen molar-refractivity contribution in [3.05, 3.63) is 66.5 Å². The summed E-state index contributed by atoms with van der Waals surface area (Å²) in [5, 5.41) is 9.25. The second kappa shape index (κ2) is 6.47. The van der Waals surface area contributed by atoms with Crippen molar-refractivity contribution in [3.63, 3.8) is 0 Å². The van der Waals surface area contributed by atoms with Crippen LogP contribution in [0.1, 0.15) is 5.56 Å². The molecule has 3 heterocycles. The largest absolute Gasteiger partial charge is 0.506 e. The molecule has 134 valence electrons. The Balaban J connectivity index is 1.55. The number of benzene rings is 1. The first-order valence-corrected chi connectivity index (χ1v) is 9.73. The molecule has 1 aromatic carbocycles. The van der Waals surface area contributed by atoms with Gasteiger partial charge >= 0.3 is 0 Å². The minimum atomic E-state index is -3.27. The van der Waals surface area contributed by atoms with Crippen LogP contribution in [-0.2, 0) is 10.0 Å². The van der Waals surface area contributed by atoms with Gasteiger partial charge in [0.15, 0.2) is 0 Å². The molecule has 2 N–H and O–H groups in total. The van der Waals surface area contributed by atoms with Gasteiger partial charge in [-0.25, -0.2) is 13.4 Å². The number of ether oxygens (including phenoxy) is 1. The fraction of sp³-hybridized carbons (Fsp3) is 0.167. The van der Waals surface area contributed by atoms with Gasteiger partial charge in [0.2, 0.25) is 15.9 Å². The Kier molecular flexibility index (Phi) is 4.14. The lowest BCUT2D eigenvalue weighted by molar-refractivity contribution is 0.309. The third-order valence-corrected chi connectivity index (χ3v) is 5.52. The summed E-state index contributed by atoms with van der Waals surface area (Å²) in [6.07, 6.45) is 6.63. The van der Waals surface area contributed by atoms with Gasteiger partial charge in [-0.2, -0.15) is 4.72 Å². The molecule has 8 heteroatoms. The maximum Gasteiger partial charge on any atom is 0.219 e. The molecule has 0 saturated carbocycles. The van der Waals surface area contributed by atoms with Gasteiger partial charge in [0.05, 0.1) is 11.9 Å². The van der Waals surface area contributed by atoms with E-state index in [1.165, 1.54) is 12.3 Å². The monoisotopic (exact) mass is 371 g/mol. The average Bonchev–Trinajstić information content (AvgIpc) is 2.63. The lowest BCUT2D eigenvalue weighted by Crippen LogP contribution is -2.54. The number of fused-ring (bicyclic) bond motifs is 1. The molecule has 2 aliphatic rings. The number of allylic oxidation sites excluding steroid dienone is 2. The summed E-state index contributed by atoms with van der Waals surface area (Å²) in [5.41, 5.74) is 1.78. The van der Waals surface area contributed by atoms with Gasteiger partial charge < -0.3 is 14.7 Å². The normalized spacial score (nSPS) is 21.0. The molecule has 2 aliphatic heterocycles. The Morgan fingerprint density at radius 1 is 1.19 bits per heavy atom. The smallest absolute Gasteiger partial charge is 0.219 e. The lowest BCUT2D eigenvalue weighted by atomic mass is 10.00. The highest BCUT2D eigenvalue weighted by atomic mass is 32.2. The maximum absolute atomic E-state index is 11.9. The quantitative estimate of drug-likeness (QED) is 0.858. The summed E-state index contributed by atoms with van der Waals surface area (Å²) in [5.74, 6) is 1.14. The number of hydrogen-bond acceptors (Lipinski definition) is 6. The van der Waals surface area contributed by atoms with Crippen molar-refractivity contribution in [1.82, 2.24) is 14.6 Å². The number of rotatable bonds is 3. The molecule has 1 atom stereocenters. The highest BCUT2D eigenvalue weighted by molar-refractivity contribution is 7.89. The summed E-state index contributed by atoms with van der Waals surface area (Å²) < 4.78 is 32.2. The van der Waals surface area contributed by atoms with Crippen LogP contribution >= 0.6 is 0 Å². The Morgan fingerprint density at radius 2 is 2.00 bits per heavy atom. The van der Waals surface area contributed by atoms with E-state index in [2.05, 4.69) is 9.71 Å². The maximum atomic E-state index is 11.9. The average molecular weight is 371 g/mol. The number of aromatic nitrogens is 1. The minimum Gasteiger partial charge on any atom is -0.506 e. The molecule has 0 radical (unpaired) electrons. The van der Waals surface area contributed by atoms with E-state index in [1.54, 1.807) is 18.2 Å². The summed E-state index contributed by atoms with van der Waals surface area (Å²) in [6.45, 7) is 0.460. The van der Waals surface area contributed by atoms with Crippen molar-refractivity contribution < 1.29 is 18.3 Å². The molecule has 7 nitrogen and oxygen atoms in total. The first-order valence-electron chi connectivity index (χ1n) is 8.08. The van der Waals surface area contributed by atoms with Crippen LogP contribution in [0, 0.1) is 0 Å². The number of nitrogens with zero attached hydrogens (tertiary/aromatic N) is 2. The van der Waals surface area contributed by atoms with Crippen molar-refractivity contribution in [2.24, 2.45) is 0 Å². The Morgan fingerprint density at radius 3 is 2.73 bits per heavy atom. The molecule has 1 unspecified atom stereocenters. The third kappa shape index (κ3) is 3.42. The van der Waals surface area contributed by atoms with Crippen molar-refractivity contribution in [1.29, 1.82) is 0 Å². The fourth-order valence-corrected chi connectivity index (χ4v) is 4.10. The Hall–Kier alpha value is -2.84. The van der Waals surface area contributed by atoms with Crippen molar-refractivity contribution in [3.8, 4) is 17.4 Å². The van der Waals surface area contributed by atoms with Gasteiger partial charge in [0, 0.05) is 18.8 Å². The molecule has 1 saturated heterocycles. The van der Waals surface area contributed by atoms with Crippen LogP contribution in [0.3, 0.4) is 0 Å². The molecule has 0 bridgehead atoms. The minimum absolute atomic E-state index is 0.0736. The molecule has 0 amide bonds. The second-order valence-electron chi connectivity index (χ2n) is 6.02. The number of nitrogens with one attached hydrogen (secondary N) is 1. The zero-order valence-corrected chi connectivity index (χ0v) is 14.6. The number of hydrogen-bond donors (Lipinski definition) is 2. The summed E-state index contributed by atoms with van der Waals surface area (Å²) in [7, 11) is -3.27. The van der Waals surface area contributed by atoms with Gasteiger partial charge in [-0.05, 0) is 35.4 Å². The van der Waals surface area contributed by atoms with E-state index in [1.807, 2.05) is 35.4 Å². The Bertz CT molecular complexity index is 967. The van der Waals surface area contributed by atoms with Crippen LogP contribution in [0.5, 0.6) is 17.4 Å². The zero-order chi connectivity index (χ0) is 18.1. The van der Waals surface area contributed by atoms with E-state index in [4.69, 9.17) is 4.74 Å². The molecule has 0 aliphatic carbocycles. The van der Waals surface area contributed by atoms with E-state index in [-0.39, 0.29) is 11.5 Å². The third-order valence-electron chi connectivity index (χ3n) is 4.22. The summed E-state index contributed by atoms with van der Waals surface area (Å²) >= 11 is 0.